The van der Waals surface area contributed by atoms with Gasteiger partial charge in [0.1, 0.15) is 17.8 Å². The molecule has 6 rings (SSSR count). The van der Waals surface area contributed by atoms with Gasteiger partial charge in [0.15, 0.2) is 0 Å². The summed E-state index contributed by atoms with van der Waals surface area (Å²) in [6.07, 6.45) is 1.82. The standard InChI is InChI=1S/C31H23N5/c32-21-25-22-35(26-17-9-3-10-18-26)33-30(25)31-28(23-13-5-1-6-14-23)29(24-15-7-2-8-16-24)34-36(31)27-19-11-4-12-20-27/h1-20,22,28,31H. The number of hydrazone groups is 1. The van der Waals surface area contributed by atoms with E-state index in [2.05, 4.69) is 30.3 Å². The number of benzene rings is 4. The maximum Gasteiger partial charge on any atom is 0.110 e. The van der Waals surface area contributed by atoms with E-state index in [4.69, 9.17) is 10.2 Å². The van der Waals surface area contributed by atoms with Gasteiger partial charge < -0.3 is 0 Å². The number of hydrogen-bond donors (Lipinski definition) is 0. The first kappa shape index (κ1) is 21.6. The third kappa shape index (κ3) is 3.85. The van der Waals surface area contributed by atoms with Crippen molar-refractivity contribution in [3.63, 3.8) is 0 Å². The fourth-order valence-corrected chi connectivity index (χ4v) is 4.86. The zero-order chi connectivity index (χ0) is 24.3. The first-order valence-corrected chi connectivity index (χ1v) is 11.9. The van der Waals surface area contributed by atoms with Crippen LogP contribution in [0.25, 0.3) is 5.69 Å². The van der Waals surface area contributed by atoms with Crippen LogP contribution in [-0.4, -0.2) is 15.5 Å². The van der Waals surface area contributed by atoms with Gasteiger partial charge in [0.25, 0.3) is 0 Å². The van der Waals surface area contributed by atoms with E-state index in [0.29, 0.717) is 11.3 Å². The van der Waals surface area contributed by atoms with E-state index in [1.807, 2.05) is 108 Å². The van der Waals surface area contributed by atoms with Crippen molar-refractivity contribution in [3.05, 3.63) is 150 Å². The summed E-state index contributed by atoms with van der Waals surface area (Å²) in [6.45, 7) is 0. The van der Waals surface area contributed by atoms with Crippen molar-refractivity contribution in [1.29, 1.82) is 5.26 Å². The van der Waals surface area contributed by atoms with E-state index in [0.717, 1.165) is 28.2 Å². The molecule has 172 valence electrons. The van der Waals surface area contributed by atoms with Crippen LogP contribution in [0.3, 0.4) is 0 Å². The predicted molar refractivity (Wildman–Crippen MR) is 142 cm³/mol. The van der Waals surface area contributed by atoms with Gasteiger partial charge in [0.2, 0.25) is 0 Å². The van der Waals surface area contributed by atoms with Crippen molar-refractivity contribution in [2.45, 2.75) is 12.0 Å². The Labute approximate surface area is 210 Å². The minimum absolute atomic E-state index is 0.125. The molecular formula is C31H23N5. The largest absolute Gasteiger partial charge is 0.255 e. The molecule has 2 atom stereocenters. The number of rotatable bonds is 5. The number of anilines is 1. The average Bonchev–Trinajstić information content (AvgIpc) is 3.57. The van der Waals surface area contributed by atoms with Gasteiger partial charge in [-0.05, 0) is 35.4 Å². The monoisotopic (exact) mass is 465 g/mol. The molecule has 1 aliphatic heterocycles. The van der Waals surface area contributed by atoms with Gasteiger partial charge in [-0.15, -0.1) is 0 Å². The van der Waals surface area contributed by atoms with Crippen molar-refractivity contribution in [1.82, 2.24) is 9.78 Å². The Hall–Kier alpha value is -4.95. The van der Waals surface area contributed by atoms with Crippen LogP contribution in [0.1, 0.15) is 34.3 Å². The fourth-order valence-electron chi connectivity index (χ4n) is 4.86. The lowest BCUT2D eigenvalue weighted by Gasteiger charge is -2.27. The number of hydrogen-bond acceptors (Lipinski definition) is 4. The molecule has 2 heterocycles. The number of nitriles is 1. The van der Waals surface area contributed by atoms with Crippen molar-refractivity contribution >= 4 is 11.4 Å². The molecule has 0 radical (unpaired) electrons. The zero-order valence-corrected chi connectivity index (χ0v) is 19.5. The Morgan fingerprint density at radius 3 is 1.83 bits per heavy atom. The molecule has 5 aromatic rings. The van der Waals surface area contributed by atoms with Gasteiger partial charge in [-0.1, -0.05) is 97.1 Å². The molecule has 0 N–H and O–H groups in total. The second-order valence-corrected chi connectivity index (χ2v) is 8.68. The van der Waals surface area contributed by atoms with E-state index in [9.17, 15) is 5.26 Å². The van der Waals surface area contributed by atoms with E-state index >= 15 is 0 Å². The van der Waals surface area contributed by atoms with Crippen LogP contribution in [0.2, 0.25) is 0 Å². The molecule has 2 unspecified atom stereocenters. The average molecular weight is 466 g/mol. The molecule has 0 bridgehead atoms. The number of para-hydroxylation sites is 2. The summed E-state index contributed by atoms with van der Waals surface area (Å²) in [5.41, 5.74) is 6.23. The lowest BCUT2D eigenvalue weighted by atomic mass is 9.83. The lowest BCUT2D eigenvalue weighted by molar-refractivity contribution is 0.618. The van der Waals surface area contributed by atoms with Crippen molar-refractivity contribution < 1.29 is 0 Å². The normalized spacial score (nSPS) is 17.0. The highest BCUT2D eigenvalue weighted by Crippen LogP contribution is 2.46. The molecule has 4 aromatic carbocycles. The minimum Gasteiger partial charge on any atom is -0.255 e. The predicted octanol–water partition coefficient (Wildman–Crippen LogP) is 6.49. The molecule has 5 heteroatoms. The molecule has 0 fully saturated rings. The van der Waals surface area contributed by atoms with Gasteiger partial charge in [0.05, 0.1) is 28.6 Å². The van der Waals surface area contributed by atoms with Crippen LogP contribution >= 0.6 is 0 Å². The third-order valence-corrected chi connectivity index (χ3v) is 6.50. The second kappa shape index (κ2) is 9.36. The number of nitrogens with zero attached hydrogens (tertiary/aromatic N) is 5. The second-order valence-electron chi connectivity index (χ2n) is 8.68. The van der Waals surface area contributed by atoms with Crippen LogP contribution in [0.4, 0.5) is 5.69 Å². The van der Waals surface area contributed by atoms with Crippen LogP contribution in [-0.2, 0) is 0 Å². The van der Waals surface area contributed by atoms with Crippen molar-refractivity contribution in [3.8, 4) is 11.8 Å². The third-order valence-electron chi connectivity index (χ3n) is 6.50. The molecule has 0 saturated heterocycles. The molecule has 0 amide bonds. The summed E-state index contributed by atoms with van der Waals surface area (Å²) < 4.78 is 1.79. The molecule has 0 saturated carbocycles. The Bertz CT molecular complexity index is 1530. The lowest BCUT2D eigenvalue weighted by Crippen LogP contribution is -2.26. The molecule has 0 spiro atoms. The van der Waals surface area contributed by atoms with Gasteiger partial charge in [-0.3, -0.25) is 5.01 Å². The minimum atomic E-state index is -0.301. The highest BCUT2D eigenvalue weighted by atomic mass is 15.5. The highest BCUT2D eigenvalue weighted by molar-refractivity contribution is 6.08. The Balaban J connectivity index is 1.58. The van der Waals surface area contributed by atoms with Crippen LogP contribution in [0, 0.1) is 11.3 Å². The maximum atomic E-state index is 10.2. The molecule has 36 heavy (non-hydrogen) atoms. The molecule has 1 aliphatic rings. The van der Waals surface area contributed by atoms with Gasteiger partial charge in [-0.25, -0.2) is 4.68 Å². The van der Waals surface area contributed by atoms with Crippen LogP contribution < -0.4 is 5.01 Å². The van der Waals surface area contributed by atoms with Gasteiger partial charge in [-0.2, -0.15) is 15.5 Å². The first-order chi connectivity index (χ1) is 17.8. The summed E-state index contributed by atoms with van der Waals surface area (Å²) in [7, 11) is 0. The maximum absolute atomic E-state index is 10.2. The fraction of sp³-hybridized carbons (Fsp3) is 0.0645. The van der Waals surface area contributed by atoms with Crippen molar-refractivity contribution in [2.24, 2.45) is 5.10 Å². The smallest absolute Gasteiger partial charge is 0.110 e. The van der Waals surface area contributed by atoms with Crippen molar-refractivity contribution in [2.75, 3.05) is 5.01 Å². The summed E-state index contributed by atoms with van der Waals surface area (Å²) in [4.78, 5) is 0. The van der Waals surface area contributed by atoms with Gasteiger partial charge >= 0.3 is 0 Å². The summed E-state index contributed by atoms with van der Waals surface area (Å²) in [6, 6.07) is 42.7. The van der Waals surface area contributed by atoms with E-state index in [-0.39, 0.29) is 12.0 Å². The van der Waals surface area contributed by atoms with Crippen LogP contribution in [0.5, 0.6) is 0 Å². The Kier molecular flexibility index (Phi) is 5.61. The Morgan fingerprint density at radius 2 is 1.22 bits per heavy atom. The number of aromatic nitrogens is 2. The van der Waals surface area contributed by atoms with E-state index < -0.39 is 0 Å². The molecule has 5 nitrogen and oxygen atoms in total. The first-order valence-electron chi connectivity index (χ1n) is 11.9. The Morgan fingerprint density at radius 1 is 0.667 bits per heavy atom. The highest BCUT2D eigenvalue weighted by Gasteiger charge is 2.43. The molecule has 0 aliphatic carbocycles. The summed E-state index contributed by atoms with van der Waals surface area (Å²) in [5, 5.41) is 22.4. The van der Waals surface area contributed by atoms with Crippen LogP contribution in [0.15, 0.2) is 133 Å². The molecule has 1 aromatic heterocycles. The molecular weight excluding hydrogens is 442 g/mol. The zero-order valence-electron chi connectivity index (χ0n) is 19.5. The topological polar surface area (TPSA) is 57.2 Å². The van der Waals surface area contributed by atoms with Gasteiger partial charge in [0, 0.05) is 6.20 Å². The SMILES string of the molecule is N#Cc1cn(-c2ccccc2)nc1C1C(c2ccccc2)C(c2ccccc2)=NN1c1ccccc1. The van der Waals surface area contributed by atoms with E-state index in [1.54, 1.807) is 4.68 Å². The quantitative estimate of drug-likeness (QED) is 0.298. The van der Waals surface area contributed by atoms with E-state index in [1.165, 1.54) is 0 Å². The summed E-state index contributed by atoms with van der Waals surface area (Å²) >= 11 is 0. The summed E-state index contributed by atoms with van der Waals surface area (Å²) in [5.74, 6) is -0.125.